The van der Waals surface area contributed by atoms with Crippen LogP contribution in [0.5, 0.6) is 0 Å². The summed E-state index contributed by atoms with van der Waals surface area (Å²) in [5, 5.41) is 0. The number of pyridine rings is 1. The first-order valence-corrected chi connectivity index (χ1v) is 8.07. The summed E-state index contributed by atoms with van der Waals surface area (Å²) in [6, 6.07) is 1.52. The number of hydrogen-bond donors (Lipinski definition) is 1. The second-order valence-electron chi connectivity index (χ2n) is 4.90. The van der Waals surface area contributed by atoms with Gasteiger partial charge in [-0.05, 0) is 33.1 Å². The lowest BCUT2D eigenvalue weighted by Gasteiger charge is -2.18. The van der Waals surface area contributed by atoms with E-state index in [0.29, 0.717) is 12.1 Å². The van der Waals surface area contributed by atoms with Gasteiger partial charge in [0.05, 0.1) is 6.54 Å². The van der Waals surface area contributed by atoms with Gasteiger partial charge >= 0.3 is 0 Å². The van der Waals surface area contributed by atoms with E-state index in [-0.39, 0.29) is 11.4 Å². The summed E-state index contributed by atoms with van der Waals surface area (Å²) in [6.45, 7) is 1.51. The highest BCUT2D eigenvalue weighted by atomic mass is 32.2. The van der Waals surface area contributed by atoms with Crippen molar-refractivity contribution in [3.63, 3.8) is 0 Å². The fourth-order valence-electron chi connectivity index (χ4n) is 1.69. The molecule has 0 unspecified atom stereocenters. The van der Waals surface area contributed by atoms with Crippen molar-refractivity contribution in [3.05, 3.63) is 24.0 Å². The van der Waals surface area contributed by atoms with Gasteiger partial charge in [-0.2, -0.15) is 0 Å². The zero-order valence-corrected chi connectivity index (χ0v) is 13.5. The van der Waals surface area contributed by atoms with E-state index in [1.54, 1.807) is 7.05 Å². The lowest BCUT2D eigenvalue weighted by Crippen LogP contribution is -2.30. The molecular formula is C14H22N4O2S. The molecule has 1 aromatic rings. The largest absolute Gasteiger partial charge is 0.320 e. The number of sulfonamides is 1. The van der Waals surface area contributed by atoms with E-state index < -0.39 is 10.0 Å². The van der Waals surface area contributed by atoms with Crippen LogP contribution in [0.4, 0.5) is 0 Å². The van der Waals surface area contributed by atoms with Crippen molar-refractivity contribution in [2.75, 3.05) is 40.8 Å². The summed E-state index contributed by atoms with van der Waals surface area (Å²) in [6.07, 6.45) is 3.63. The third-order valence-corrected chi connectivity index (χ3v) is 4.66. The molecule has 21 heavy (non-hydrogen) atoms. The third-order valence-electron chi connectivity index (χ3n) is 2.83. The van der Waals surface area contributed by atoms with Gasteiger partial charge in [0.15, 0.2) is 0 Å². The molecule has 0 spiro atoms. The van der Waals surface area contributed by atoms with Gasteiger partial charge in [0.2, 0.25) is 10.0 Å². The summed E-state index contributed by atoms with van der Waals surface area (Å²) < 4.78 is 26.2. The predicted molar refractivity (Wildman–Crippen MR) is 83.2 cm³/mol. The maximum absolute atomic E-state index is 12.4. The summed E-state index contributed by atoms with van der Waals surface area (Å²) in [4.78, 5) is 6.11. The van der Waals surface area contributed by atoms with Crippen LogP contribution in [0.3, 0.4) is 0 Å². The van der Waals surface area contributed by atoms with Crippen LogP contribution < -0.4 is 5.73 Å². The molecule has 0 aliphatic heterocycles. The van der Waals surface area contributed by atoms with Crippen LogP contribution in [-0.2, 0) is 10.0 Å². The summed E-state index contributed by atoms with van der Waals surface area (Å²) in [7, 11) is 1.95. The quantitative estimate of drug-likeness (QED) is 0.746. The summed E-state index contributed by atoms with van der Waals surface area (Å²) in [5.41, 5.74) is 5.85. The van der Waals surface area contributed by atoms with Gasteiger partial charge < -0.3 is 10.6 Å². The topological polar surface area (TPSA) is 79.5 Å². The van der Waals surface area contributed by atoms with Crippen LogP contribution in [0.25, 0.3) is 0 Å². The number of aromatic nitrogens is 1. The van der Waals surface area contributed by atoms with Crippen LogP contribution in [-0.4, -0.2) is 63.4 Å². The van der Waals surface area contributed by atoms with E-state index >= 15 is 0 Å². The molecule has 1 rings (SSSR count). The molecule has 1 heterocycles. The van der Waals surface area contributed by atoms with Gasteiger partial charge in [0.1, 0.15) is 4.90 Å². The molecule has 1 aromatic heterocycles. The van der Waals surface area contributed by atoms with Crippen molar-refractivity contribution in [1.29, 1.82) is 0 Å². The van der Waals surface area contributed by atoms with Crippen LogP contribution in [0.1, 0.15) is 12.0 Å². The molecular weight excluding hydrogens is 288 g/mol. The zero-order chi connectivity index (χ0) is 15.9. The molecule has 0 aromatic carbocycles. The van der Waals surface area contributed by atoms with Crippen LogP contribution >= 0.6 is 0 Å². The number of rotatable bonds is 6. The van der Waals surface area contributed by atoms with Gasteiger partial charge in [-0.25, -0.2) is 12.7 Å². The molecule has 0 radical (unpaired) electrons. The lowest BCUT2D eigenvalue weighted by molar-refractivity contribution is 0.370. The lowest BCUT2D eigenvalue weighted by atomic mass is 10.3. The minimum absolute atomic E-state index is 0.152. The van der Waals surface area contributed by atoms with E-state index in [1.165, 1.54) is 22.8 Å². The smallest absolute Gasteiger partial charge is 0.244 e. The predicted octanol–water partition coefficient (Wildman–Crippen LogP) is -0.0360. The second kappa shape index (κ2) is 8.10. The highest BCUT2D eigenvalue weighted by Crippen LogP contribution is 2.14. The van der Waals surface area contributed by atoms with Crippen molar-refractivity contribution in [2.24, 2.45) is 5.73 Å². The van der Waals surface area contributed by atoms with Crippen molar-refractivity contribution >= 4 is 10.0 Å². The van der Waals surface area contributed by atoms with Crippen molar-refractivity contribution in [1.82, 2.24) is 14.2 Å². The van der Waals surface area contributed by atoms with Crippen molar-refractivity contribution in [3.8, 4) is 11.8 Å². The fourth-order valence-corrected chi connectivity index (χ4v) is 2.89. The van der Waals surface area contributed by atoms with E-state index in [1.807, 2.05) is 19.0 Å². The molecule has 0 amide bonds. The molecule has 6 nitrogen and oxygen atoms in total. The Morgan fingerprint density at radius 2 is 1.95 bits per heavy atom. The van der Waals surface area contributed by atoms with E-state index in [2.05, 4.69) is 16.8 Å². The average molecular weight is 310 g/mol. The molecule has 0 aliphatic rings. The normalized spacial score (nSPS) is 11.5. The number of nitrogens with two attached hydrogens (primary N) is 1. The monoisotopic (exact) mass is 310 g/mol. The highest BCUT2D eigenvalue weighted by molar-refractivity contribution is 7.89. The van der Waals surface area contributed by atoms with Gasteiger partial charge in [0.25, 0.3) is 0 Å². The maximum Gasteiger partial charge on any atom is 0.244 e. The Hall–Kier alpha value is -1.46. The first-order valence-electron chi connectivity index (χ1n) is 6.63. The minimum atomic E-state index is -3.53. The Balaban J connectivity index is 2.86. The Morgan fingerprint density at radius 3 is 2.57 bits per heavy atom. The Labute approximate surface area is 127 Å². The molecule has 0 saturated carbocycles. The molecule has 0 aliphatic carbocycles. The standard InChI is InChI=1S/C14H22N4O2S/c1-17(2)8-5-9-18(3)21(19,20)14-10-13(6-4-7-15)11-16-12-14/h10-12H,5,7-9,15H2,1-3H3. The number of nitrogens with zero attached hydrogens (tertiary/aromatic N) is 3. The first-order chi connectivity index (χ1) is 9.87. The van der Waals surface area contributed by atoms with E-state index in [9.17, 15) is 8.42 Å². The molecule has 0 atom stereocenters. The van der Waals surface area contributed by atoms with E-state index in [0.717, 1.165) is 13.0 Å². The summed E-state index contributed by atoms with van der Waals surface area (Å²) in [5.74, 6) is 5.47. The van der Waals surface area contributed by atoms with Gasteiger partial charge in [-0.3, -0.25) is 4.98 Å². The van der Waals surface area contributed by atoms with Gasteiger partial charge in [-0.15, -0.1) is 0 Å². The SMILES string of the molecule is CN(C)CCCN(C)S(=O)(=O)c1cncc(C#CCN)c1. The molecule has 0 saturated heterocycles. The maximum atomic E-state index is 12.4. The Morgan fingerprint density at radius 1 is 1.24 bits per heavy atom. The average Bonchev–Trinajstić information content (AvgIpc) is 2.44. The molecule has 0 fully saturated rings. The highest BCUT2D eigenvalue weighted by Gasteiger charge is 2.20. The van der Waals surface area contributed by atoms with Crippen molar-refractivity contribution < 1.29 is 8.42 Å². The Kier molecular flexibility index (Phi) is 6.78. The molecule has 2 N–H and O–H groups in total. The van der Waals surface area contributed by atoms with Crippen molar-refractivity contribution in [2.45, 2.75) is 11.3 Å². The molecule has 7 heteroatoms. The Bertz CT molecular complexity index is 617. The van der Waals surface area contributed by atoms with Crippen LogP contribution in [0, 0.1) is 11.8 Å². The van der Waals surface area contributed by atoms with Gasteiger partial charge in [-0.1, -0.05) is 11.8 Å². The summed E-state index contributed by atoms with van der Waals surface area (Å²) >= 11 is 0. The first kappa shape index (κ1) is 17.6. The van der Waals surface area contributed by atoms with E-state index in [4.69, 9.17) is 5.73 Å². The third kappa shape index (κ3) is 5.44. The number of hydrogen-bond acceptors (Lipinski definition) is 5. The minimum Gasteiger partial charge on any atom is -0.320 e. The fraction of sp³-hybridized carbons (Fsp3) is 0.500. The van der Waals surface area contributed by atoms with Crippen LogP contribution in [0.15, 0.2) is 23.4 Å². The van der Waals surface area contributed by atoms with Crippen LogP contribution in [0.2, 0.25) is 0 Å². The molecule has 0 bridgehead atoms. The molecule has 116 valence electrons. The zero-order valence-electron chi connectivity index (χ0n) is 12.7. The van der Waals surface area contributed by atoms with Gasteiger partial charge in [0, 0.05) is 31.5 Å². The second-order valence-corrected chi connectivity index (χ2v) is 6.94.